The number of carbonyl (C=O) groups excluding carboxylic acids is 1. The highest BCUT2D eigenvalue weighted by molar-refractivity contribution is 8.07. The van der Waals surface area contributed by atoms with Crippen molar-refractivity contribution in [2.75, 3.05) is 13.2 Å². The summed E-state index contributed by atoms with van der Waals surface area (Å²) in [7, 11) is 0. The van der Waals surface area contributed by atoms with Crippen molar-refractivity contribution in [3.05, 3.63) is 40.5 Å². The Morgan fingerprint density at radius 3 is 2.41 bits per heavy atom. The first kappa shape index (κ1) is 21.9. The summed E-state index contributed by atoms with van der Waals surface area (Å²) >= 11 is 11.6. The molecule has 146 valence electrons. The summed E-state index contributed by atoms with van der Waals surface area (Å²) in [6, 6.07) is 7.09. The van der Waals surface area contributed by atoms with Gasteiger partial charge in [0.15, 0.2) is 5.82 Å². The van der Waals surface area contributed by atoms with Crippen molar-refractivity contribution in [3.63, 3.8) is 0 Å². The Morgan fingerprint density at radius 1 is 1.19 bits per heavy atom. The highest BCUT2D eigenvalue weighted by Gasteiger charge is 2.23. The van der Waals surface area contributed by atoms with E-state index in [1.165, 1.54) is 6.92 Å². The molecular formula is C18H22ClN2O4PS. The molecule has 0 aliphatic rings. The second-order valence-electron chi connectivity index (χ2n) is 5.74. The third-order valence-corrected chi connectivity index (χ3v) is 6.22. The molecule has 0 N–H and O–H groups in total. The minimum atomic E-state index is -2.99. The van der Waals surface area contributed by atoms with Crippen molar-refractivity contribution < 1.29 is 18.4 Å². The van der Waals surface area contributed by atoms with Crippen molar-refractivity contribution in [2.45, 2.75) is 34.1 Å². The number of benzene rings is 1. The van der Waals surface area contributed by atoms with Crippen molar-refractivity contribution in [2.24, 2.45) is 0 Å². The highest BCUT2D eigenvalue weighted by atomic mass is 35.5. The SMILES string of the molecule is CCOP(=S)(OCC)Oc1cc(CC(C)=O)nc(-c2ccc(C)c(Cl)c2)n1. The van der Waals surface area contributed by atoms with Gasteiger partial charge in [0, 0.05) is 34.9 Å². The molecule has 0 saturated heterocycles. The molecule has 0 radical (unpaired) electrons. The van der Waals surface area contributed by atoms with E-state index < -0.39 is 6.72 Å². The Hall–Kier alpha value is -1.37. The molecule has 0 atom stereocenters. The van der Waals surface area contributed by atoms with Crippen LogP contribution >= 0.6 is 18.3 Å². The number of halogens is 1. The van der Waals surface area contributed by atoms with Gasteiger partial charge in [-0.05, 0) is 39.3 Å². The van der Waals surface area contributed by atoms with Crippen LogP contribution in [-0.4, -0.2) is 29.0 Å². The Labute approximate surface area is 169 Å². The summed E-state index contributed by atoms with van der Waals surface area (Å²) < 4.78 is 16.8. The summed E-state index contributed by atoms with van der Waals surface area (Å²) in [5.74, 6) is 0.569. The summed E-state index contributed by atoms with van der Waals surface area (Å²) in [4.78, 5) is 20.5. The first-order valence-corrected chi connectivity index (χ1v) is 11.4. The first-order valence-electron chi connectivity index (χ1n) is 8.49. The van der Waals surface area contributed by atoms with Gasteiger partial charge < -0.3 is 4.52 Å². The van der Waals surface area contributed by atoms with Gasteiger partial charge >= 0.3 is 6.72 Å². The lowest BCUT2D eigenvalue weighted by molar-refractivity contribution is -0.116. The molecule has 1 heterocycles. The molecule has 1 aromatic carbocycles. The van der Waals surface area contributed by atoms with E-state index in [1.54, 1.807) is 12.1 Å². The van der Waals surface area contributed by atoms with Crippen LogP contribution in [0.4, 0.5) is 0 Å². The van der Waals surface area contributed by atoms with Crippen LogP contribution in [0.3, 0.4) is 0 Å². The molecule has 0 amide bonds. The van der Waals surface area contributed by atoms with Gasteiger partial charge in [0.2, 0.25) is 5.88 Å². The number of carbonyl (C=O) groups is 1. The van der Waals surface area contributed by atoms with E-state index in [0.717, 1.165) is 5.56 Å². The molecule has 6 nitrogen and oxygen atoms in total. The van der Waals surface area contributed by atoms with Crippen LogP contribution in [0.25, 0.3) is 11.4 Å². The third kappa shape index (κ3) is 6.33. The fourth-order valence-electron chi connectivity index (χ4n) is 2.25. The standard InChI is InChI=1S/C18H22ClN2O4PS/c1-5-23-26(27,24-6-2)25-17-11-15(9-13(4)22)20-18(21-17)14-8-7-12(3)16(19)10-14/h7-8,10-11H,5-6,9H2,1-4H3. The van der Waals surface area contributed by atoms with Gasteiger partial charge in [-0.15, -0.1) is 0 Å². The monoisotopic (exact) mass is 428 g/mol. The van der Waals surface area contributed by atoms with Gasteiger partial charge in [-0.25, -0.2) is 4.98 Å². The molecule has 9 heteroatoms. The summed E-state index contributed by atoms with van der Waals surface area (Å²) in [6.07, 6.45) is 0.150. The van der Waals surface area contributed by atoms with E-state index >= 15 is 0 Å². The molecule has 27 heavy (non-hydrogen) atoms. The molecule has 0 spiro atoms. The summed E-state index contributed by atoms with van der Waals surface area (Å²) in [6.45, 7) is 4.73. The molecule has 0 bridgehead atoms. The first-order chi connectivity index (χ1) is 12.8. The largest absolute Gasteiger partial charge is 0.406 e. The average Bonchev–Trinajstić information content (AvgIpc) is 2.56. The minimum Gasteiger partial charge on any atom is -0.406 e. The summed E-state index contributed by atoms with van der Waals surface area (Å²) in [5.41, 5.74) is 2.18. The smallest absolute Gasteiger partial charge is 0.381 e. The van der Waals surface area contributed by atoms with Crippen molar-refractivity contribution >= 4 is 35.9 Å². The van der Waals surface area contributed by atoms with Gasteiger partial charge in [-0.3, -0.25) is 13.8 Å². The maximum Gasteiger partial charge on any atom is 0.381 e. The molecular weight excluding hydrogens is 407 g/mol. The van der Waals surface area contributed by atoms with Gasteiger partial charge in [0.25, 0.3) is 0 Å². The predicted molar refractivity (Wildman–Crippen MR) is 110 cm³/mol. The lowest BCUT2D eigenvalue weighted by atomic mass is 10.1. The lowest BCUT2D eigenvalue weighted by Gasteiger charge is -2.20. The van der Waals surface area contributed by atoms with E-state index in [-0.39, 0.29) is 18.1 Å². The van der Waals surface area contributed by atoms with Crippen LogP contribution in [0, 0.1) is 6.92 Å². The zero-order valence-electron chi connectivity index (χ0n) is 15.7. The van der Waals surface area contributed by atoms with Gasteiger partial charge in [-0.1, -0.05) is 23.7 Å². The zero-order chi connectivity index (χ0) is 20.0. The van der Waals surface area contributed by atoms with Crippen LogP contribution in [0.1, 0.15) is 32.0 Å². The molecule has 1 aromatic heterocycles. The zero-order valence-corrected chi connectivity index (χ0v) is 18.2. The number of hydrogen-bond donors (Lipinski definition) is 0. The number of nitrogens with zero attached hydrogens (tertiary/aromatic N) is 2. The Kier molecular flexibility index (Phi) is 7.89. The normalized spacial score (nSPS) is 11.4. The second kappa shape index (κ2) is 9.71. The van der Waals surface area contributed by atoms with Crippen molar-refractivity contribution in [1.82, 2.24) is 9.97 Å². The molecule has 0 fully saturated rings. The number of ketones is 1. The molecule has 0 saturated carbocycles. The number of aromatic nitrogens is 2. The maximum absolute atomic E-state index is 11.6. The van der Waals surface area contributed by atoms with Gasteiger partial charge in [-0.2, -0.15) is 4.98 Å². The number of aryl methyl sites for hydroxylation is 1. The number of rotatable bonds is 9. The van der Waals surface area contributed by atoms with E-state index in [0.29, 0.717) is 35.3 Å². The van der Waals surface area contributed by atoms with E-state index in [9.17, 15) is 4.79 Å². The summed E-state index contributed by atoms with van der Waals surface area (Å²) in [5, 5.41) is 0.601. The predicted octanol–water partition coefficient (Wildman–Crippen LogP) is 4.91. The highest BCUT2D eigenvalue weighted by Crippen LogP contribution is 2.49. The lowest BCUT2D eigenvalue weighted by Crippen LogP contribution is -2.07. The van der Waals surface area contributed by atoms with E-state index in [2.05, 4.69) is 9.97 Å². The van der Waals surface area contributed by atoms with Crippen LogP contribution in [0.2, 0.25) is 5.02 Å². The molecule has 0 unspecified atom stereocenters. The van der Waals surface area contributed by atoms with E-state index in [4.69, 9.17) is 37.0 Å². The minimum absolute atomic E-state index is 0.0263. The van der Waals surface area contributed by atoms with Crippen LogP contribution < -0.4 is 4.52 Å². The Balaban J connectivity index is 2.48. The number of hydrogen-bond acceptors (Lipinski definition) is 7. The third-order valence-electron chi connectivity index (χ3n) is 3.40. The quantitative estimate of drug-likeness (QED) is 0.525. The Bertz CT molecular complexity index is 868. The molecule has 2 aromatic rings. The van der Waals surface area contributed by atoms with Crippen LogP contribution in [0.15, 0.2) is 24.3 Å². The fourth-order valence-corrected chi connectivity index (χ4v) is 4.42. The molecule has 0 aliphatic carbocycles. The topological polar surface area (TPSA) is 70.5 Å². The Morgan fingerprint density at radius 2 is 1.85 bits per heavy atom. The molecule has 2 rings (SSSR count). The van der Waals surface area contributed by atoms with Crippen molar-refractivity contribution in [3.8, 4) is 17.3 Å². The van der Waals surface area contributed by atoms with Crippen LogP contribution in [0.5, 0.6) is 5.88 Å². The van der Waals surface area contributed by atoms with Crippen molar-refractivity contribution in [1.29, 1.82) is 0 Å². The van der Waals surface area contributed by atoms with E-state index in [1.807, 2.05) is 32.9 Å². The van der Waals surface area contributed by atoms with Gasteiger partial charge in [0.05, 0.1) is 18.9 Å². The maximum atomic E-state index is 11.6. The number of Topliss-reactive ketones (excluding diaryl/α,β-unsaturated/α-hetero) is 1. The van der Waals surface area contributed by atoms with Gasteiger partial charge in [0.1, 0.15) is 5.78 Å². The molecule has 0 aliphatic heterocycles. The average molecular weight is 429 g/mol. The second-order valence-corrected chi connectivity index (χ2v) is 9.08. The fraction of sp³-hybridized carbons (Fsp3) is 0.389. The van der Waals surface area contributed by atoms with Crippen LogP contribution in [-0.2, 0) is 32.1 Å².